The van der Waals surface area contributed by atoms with Crippen molar-refractivity contribution in [3.8, 4) is 0 Å². The van der Waals surface area contributed by atoms with Crippen LogP contribution >= 0.6 is 8.60 Å². The summed E-state index contributed by atoms with van der Waals surface area (Å²) in [4.78, 5) is 8.78. The number of carboxylic acid groups (broad SMARTS) is 1. The summed E-state index contributed by atoms with van der Waals surface area (Å²) in [6.07, 6.45) is 0. The Hall–Kier alpha value is -0.155. The zero-order valence-corrected chi connectivity index (χ0v) is 9.62. The van der Waals surface area contributed by atoms with Crippen LogP contribution in [0.15, 0.2) is 0 Å². The van der Waals surface area contributed by atoms with E-state index < -0.39 is 14.5 Å². The van der Waals surface area contributed by atoms with Gasteiger partial charge in [-0.2, -0.15) is 0 Å². The smallest absolute Gasteiger partial charge is 0.332 e. The second-order valence-corrected chi connectivity index (χ2v) is 3.04. The van der Waals surface area contributed by atoms with E-state index in [1.165, 1.54) is 0 Å². The van der Waals surface area contributed by atoms with Crippen LogP contribution in [-0.2, 0) is 13.6 Å². The first-order valence-corrected chi connectivity index (χ1v) is 5.35. The molecule has 0 aromatic rings. The monoisotopic (exact) mass is 222 g/mol. The van der Waals surface area contributed by atoms with Crippen molar-refractivity contribution in [3.63, 3.8) is 0 Å². The van der Waals surface area contributed by atoms with Crippen molar-refractivity contribution in [1.82, 2.24) is 0 Å². The summed E-state index contributed by atoms with van der Waals surface area (Å²) < 4.78 is 15.4. The molecule has 0 aromatic carbocycles. The minimum Gasteiger partial charge on any atom is -0.490 e. The fraction of sp³-hybridized carbons (Fsp3) is 0.857. The van der Waals surface area contributed by atoms with Crippen molar-refractivity contribution >= 4 is 22.3 Å². The molecule has 0 fully saturated rings. The second kappa shape index (κ2) is 12.8. The molecule has 0 amide bonds. The predicted molar refractivity (Wildman–Crippen MR) is 55.6 cm³/mol. The van der Waals surface area contributed by atoms with Gasteiger partial charge >= 0.3 is 8.60 Å². The van der Waals surface area contributed by atoms with Crippen LogP contribution in [0.3, 0.4) is 0 Å². The quantitative estimate of drug-likeness (QED) is 0.550. The zero-order valence-electron chi connectivity index (χ0n) is 8.73. The highest BCUT2D eigenvalue weighted by Crippen LogP contribution is 2.38. The fourth-order valence-electron chi connectivity index (χ4n) is 0.428. The van der Waals surface area contributed by atoms with Crippen LogP contribution < -0.4 is 0 Å². The van der Waals surface area contributed by atoms with Gasteiger partial charge in [-0.1, -0.05) is 0 Å². The van der Waals surface area contributed by atoms with Gasteiger partial charge in [0.15, 0.2) is 0 Å². The largest absolute Gasteiger partial charge is 0.490 e. The van der Waals surface area contributed by atoms with Crippen molar-refractivity contribution in [1.29, 1.82) is 0 Å². The highest BCUT2D eigenvalue weighted by molar-refractivity contribution is 7.41. The standard InChI is InChI=1S/C6H15O3P.CHBO2/c1-4-7-10(8-5-2)9-6-3;2-1(3)4/h4-6H2,1-3H3;(H,3,4). The lowest BCUT2D eigenvalue weighted by Gasteiger charge is -2.12. The number of hydrogen-bond acceptors (Lipinski definition) is 4. The molecule has 0 aliphatic heterocycles. The zero-order chi connectivity index (χ0) is 11.4. The van der Waals surface area contributed by atoms with Crippen molar-refractivity contribution in [3.05, 3.63) is 0 Å². The molecule has 0 spiro atoms. The third-order valence-corrected chi connectivity index (χ3v) is 2.11. The minimum atomic E-state index is -1.33. The van der Waals surface area contributed by atoms with Gasteiger partial charge in [-0.25, -0.2) is 0 Å². The summed E-state index contributed by atoms with van der Waals surface area (Å²) >= 11 is 0. The first kappa shape index (κ1) is 16.3. The Balaban J connectivity index is 0. The van der Waals surface area contributed by atoms with Crippen LogP contribution in [0.25, 0.3) is 0 Å². The molecule has 0 saturated heterocycles. The van der Waals surface area contributed by atoms with Gasteiger partial charge in [0, 0.05) is 0 Å². The lowest BCUT2D eigenvalue weighted by molar-refractivity contribution is 0.176. The molecule has 0 bridgehead atoms. The molecule has 7 heteroatoms. The van der Waals surface area contributed by atoms with Crippen LogP contribution in [0.4, 0.5) is 4.79 Å². The molecule has 0 atom stereocenters. The Morgan fingerprint density at radius 2 is 1.36 bits per heavy atom. The van der Waals surface area contributed by atoms with Crippen molar-refractivity contribution < 1.29 is 23.5 Å². The molecule has 5 nitrogen and oxygen atoms in total. The van der Waals surface area contributed by atoms with E-state index in [-0.39, 0.29) is 0 Å². The third-order valence-electron chi connectivity index (χ3n) is 0.704. The maximum Gasteiger partial charge on any atom is 0.332 e. The maximum atomic E-state index is 8.78. The van der Waals surface area contributed by atoms with E-state index in [9.17, 15) is 0 Å². The van der Waals surface area contributed by atoms with Crippen molar-refractivity contribution in [2.24, 2.45) is 0 Å². The van der Waals surface area contributed by atoms with E-state index in [4.69, 9.17) is 23.5 Å². The Kier molecular flexibility index (Phi) is 14.9. The number of carbonyl (C=O) groups is 1. The summed E-state index contributed by atoms with van der Waals surface area (Å²) in [6, 6.07) is 0. The normalized spacial score (nSPS) is 9.43. The van der Waals surface area contributed by atoms with E-state index >= 15 is 0 Å². The molecule has 0 saturated carbocycles. The summed E-state index contributed by atoms with van der Waals surface area (Å²) in [7, 11) is 2.97. The topological polar surface area (TPSA) is 65.0 Å². The van der Waals surface area contributed by atoms with Gasteiger partial charge in [0.05, 0.1) is 19.8 Å². The SMILES string of the molecule is CCOP(OCC)OCC.[B]C(=O)O. The first-order valence-electron chi connectivity index (χ1n) is 4.25. The van der Waals surface area contributed by atoms with E-state index in [0.717, 1.165) is 0 Å². The van der Waals surface area contributed by atoms with Crippen LogP contribution in [0, 0.1) is 0 Å². The summed E-state index contributed by atoms with van der Waals surface area (Å²) in [5, 5.41) is 7.19. The third kappa shape index (κ3) is 17.8. The summed E-state index contributed by atoms with van der Waals surface area (Å²) in [5.41, 5.74) is 0. The molecule has 0 aliphatic rings. The van der Waals surface area contributed by atoms with Crippen molar-refractivity contribution in [2.45, 2.75) is 20.8 Å². The van der Waals surface area contributed by atoms with Gasteiger partial charge in [-0.3, -0.25) is 4.79 Å². The van der Waals surface area contributed by atoms with Gasteiger partial charge in [-0.15, -0.1) is 0 Å². The molecule has 14 heavy (non-hydrogen) atoms. The highest BCUT2D eigenvalue weighted by Gasteiger charge is 2.07. The molecule has 82 valence electrons. The van der Waals surface area contributed by atoms with Crippen LogP contribution in [0.5, 0.6) is 0 Å². The molecule has 0 rings (SSSR count). The van der Waals surface area contributed by atoms with Gasteiger partial charge in [0.2, 0.25) is 13.7 Å². The van der Waals surface area contributed by atoms with E-state index in [1.54, 1.807) is 0 Å². The molecule has 0 aliphatic carbocycles. The molecule has 0 unspecified atom stereocenters. The van der Waals surface area contributed by atoms with Crippen LogP contribution in [-0.4, -0.2) is 38.6 Å². The number of rotatable bonds is 6. The van der Waals surface area contributed by atoms with E-state index in [1.807, 2.05) is 20.8 Å². The van der Waals surface area contributed by atoms with Gasteiger partial charge in [-0.05, 0) is 20.8 Å². The van der Waals surface area contributed by atoms with Gasteiger partial charge in [0.25, 0.3) is 0 Å². The molecule has 2 radical (unpaired) electrons. The molecular weight excluding hydrogens is 206 g/mol. The van der Waals surface area contributed by atoms with E-state index in [2.05, 4.69) is 7.85 Å². The maximum absolute atomic E-state index is 8.78. The molecule has 0 aromatic heterocycles. The van der Waals surface area contributed by atoms with E-state index in [0.29, 0.717) is 19.8 Å². The molecule has 1 N–H and O–H groups in total. The molecule has 0 heterocycles. The van der Waals surface area contributed by atoms with Crippen molar-refractivity contribution in [2.75, 3.05) is 19.8 Å². The average Bonchev–Trinajstić information content (AvgIpc) is 2.04. The number of hydrogen-bond donors (Lipinski definition) is 1. The van der Waals surface area contributed by atoms with Gasteiger partial charge in [0.1, 0.15) is 0 Å². The fourth-order valence-corrected chi connectivity index (χ4v) is 1.28. The lowest BCUT2D eigenvalue weighted by atomic mass is 10.2. The summed E-state index contributed by atoms with van der Waals surface area (Å²) in [6.45, 7) is 7.71. The van der Waals surface area contributed by atoms with Crippen LogP contribution in [0.2, 0.25) is 0 Å². The average molecular weight is 222 g/mol. The Labute approximate surface area is 87.1 Å². The Morgan fingerprint density at radius 3 is 1.50 bits per heavy atom. The van der Waals surface area contributed by atoms with Crippen LogP contribution in [0.1, 0.15) is 20.8 Å². The highest BCUT2D eigenvalue weighted by atomic mass is 31.2. The van der Waals surface area contributed by atoms with Gasteiger partial charge < -0.3 is 18.7 Å². The Morgan fingerprint density at radius 1 is 1.14 bits per heavy atom. The second-order valence-electron chi connectivity index (χ2n) is 1.82. The summed E-state index contributed by atoms with van der Waals surface area (Å²) in [5.74, 6) is -1.33. The molecular formula is C7H16BO5P. The minimum absolute atomic E-state index is 0.645. The Bertz CT molecular complexity index is 117. The first-order chi connectivity index (χ1) is 6.58. The lowest BCUT2D eigenvalue weighted by Crippen LogP contribution is -1.94. The predicted octanol–water partition coefficient (Wildman–Crippen LogP) is 2.16.